The van der Waals surface area contributed by atoms with Crippen molar-refractivity contribution in [2.75, 3.05) is 18.0 Å². The van der Waals surface area contributed by atoms with E-state index < -0.39 is 17.9 Å². The smallest absolute Gasteiger partial charge is 0.320 e. The van der Waals surface area contributed by atoms with Gasteiger partial charge in [0.15, 0.2) is 5.96 Å². The van der Waals surface area contributed by atoms with Crippen LogP contribution in [0.3, 0.4) is 0 Å². The Balaban J connectivity index is 1.62. The number of para-hydroxylation sites is 1. The van der Waals surface area contributed by atoms with Crippen molar-refractivity contribution in [3.05, 3.63) is 65.2 Å². The molecule has 1 amide bonds. The molecule has 6 N–H and O–H groups in total. The molecule has 0 saturated carbocycles. The summed E-state index contributed by atoms with van der Waals surface area (Å²) in [5.41, 5.74) is 14.9. The molecule has 1 saturated heterocycles. The number of piperidine rings is 1. The average Bonchev–Trinajstić information content (AvgIpc) is 2.77. The lowest BCUT2D eigenvalue weighted by molar-refractivity contribution is -0.138. The van der Waals surface area contributed by atoms with E-state index >= 15 is 0 Å². The molecular weight excluding hydrogens is 418 g/mol. The lowest BCUT2D eigenvalue weighted by atomic mass is 9.91. The summed E-state index contributed by atoms with van der Waals surface area (Å²) in [6.45, 7) is 7.08. The second-order valence-corrected chi connectivity index (χ2v) is 8.98. The van der Waals surface area contributed by atoms with Gasteiger partial charge in [0.2, 0.25) is 0 Å². The monoisotopic (exact) mass is 451 g/mol. The summed E-state index contributed by atoms with van der Waals surface area (Å²) in [4.78, 5) is 29.7. The van der Waals surface area contributed by atoms with Gasteiger partial charge >= 0.3 is 5.97 Å². The molecule has 1 fully saturated rings. The van der Waals surface area contributed by atoms with Gasteiger partial charge in [-0.1, -0.05) is 44.2 Å². The van der Waals surface area contributed by atoms with Crippen LogP contribution in [0.1, 0.15) is 41.8 Å². The largest absolute Gasteiger partial charge is 0.480 e. The third kappa shape index (κ3) is 6.79. The first-order valence-electron chi connectivity index (χ1n) is 11.3. The Labute approximate surface area is 194 Å². The van der Waals surface area contributed by atoms with Crippen molar-refractivity contribution in [1.29, 1.82) is 0 Å². The Morgan fingerprint density at radius 2 is 1.76 bits per heavy atom. The zero-order valence-electron chi connectivity index (χ0n) is 19.2. The lowest BCUT2D eigenvalue weighted by Gasteiger charge is -2.37. The van der Waals surface area contributed by atoms with Crippen molar-refractivity contribution in [1.82, 2.24) is 5.32 Å². The van der Waals surface area contributed by atoms with Crippen LogP contribution in [0.2, 0.25) is 0 Å². The Bertz CT molecular complexity index is 995. The first-order chi connectivity index (χ1) is 15.7. The molecule has 2 aromatic carbocycles. The fourth-order valence-corrected chi connectivity index (χ4v) is 4.35. The number of carbonyl (C=O) groups is 2. The number of carboxylic acid groups (broad SMARTS) is 1. The number of hydrogen-bond acceptors (Lipinski definition) is 4. The SMILES string of the molecule is CC1CC(C)CN(c2ccccc2CN/C(N)=N/C(=O)c2ccc(C[C@H](N)C(=O)O)cc2)C1. The first-order valence-corrected chi connectivity index (χ1v) is 11.3. The van der Waals surface area contributed by atoms with Gasteiger partial charge in [0.1, 0.15) is 6.04 Å². The highest BCUT2D eigenvalue weighted by Gasteiger charge is 2.23. The maximum absolute atomic E-state index is 12.5. The molecular formula is C25H33N5O3. The standard InChI is InChI=1S/C25H33N5O3/c1-16-11-17(2)15-30(14-16)22-6-4-3-5-20(22)13-28-25(27)29-23(31)19-9-7-18(8-10-19)12-21(26)24(32)33/h3-10,16-17,21H,11-15,26H2,1-2H3,(H,32,33)(H3,27,28,29,31)/t16?,17?,21-/m0/s1. The molecule has 8 nitrogen and oxygen atoms in total. The number of guanidine groups is 1. The highest BCUT2D eigenvalue weighted by molar-refractivity contribution is 6.02. The predicted octanol–water partition coefficient (Wildman–Crippen LogP) is 2.37. The topological polar surface area (TPSA) is 134 Å². The van der Waals surface area contributed by atoms with E-state index in [1.807, 2.05) is 12.1 Å². The minimum absolute atomic E-state index is 0.0483. The van der Waals surface area contributed by atoms with E-state index in [4.69, 9.17) is 16.6 Å². The van der Waals surface area contributed by atoms with Crippen LogP contribution in [0.15, 0.2) is 53.5 Å². The molecule has 33 heavy (non-hydrogen) atoms. The van der Waals surface area contributed by atoms with Gasteiger partial charge in [-0.25, -0.2) is 0 Å². The van der Waals surface area contributed by atoms with Crippen molar-refractivity contribution < 1.29 is 14.7 Å². The van der Waals surface area contributed by atoms with E-state index in [1.54, 1.807) is 24.3 Å². The fraction of sp³-hybridized carbons (Fsp3) is 0.400. The number of aliphatic carboxylic acids is 1. The number of amides is 1. The van der Waals surface area contributed by atoms with Gasteiger partial charge in [0.05, 0.1) is 0 Å². The molecule has 8 heteroatoms. The lowest BCUT2D eigenvalue weighted by Crippen LogP contribution is -2.39. The Morgan fingerprint density at radius 3 is 2.39 bits per heavy atom. The molecule has 2 unspecified atom stereocenters. The number of nitrogens with one attached hydrogen (secondary N) is 1. The molecule has 1 heterocycles. The maximum atomic E-state index is 12.5. The summed E-state index contributed by atoms with van der Waals surface area (Å²) in [5, 5.41) is 12.0. The molecule has 0 spiro atoms. The molecule has 3 rings (SSSR count). The minimum atomic E-state index is -1.07. The van der Waals surface area contributed by atoms with Crippen LogP contribution in [0.4, 0.5) is 5.69 Å². The van der Waals surface area contributed by atoms with Crippen molar-refractivity contribution in [2.45, 2.75) is 39.3 Å². The van der Waals surface area contributed by atoms with Gasteiger partial charge in [-0.05, 0) is 54.0 Å². The summed E-state index contributed by atoms with van der Waals surface area (Å²) >= 11 is 0. The van der Waals surface area contributed by atoms with E-state index in [9.17, 15) is 9.59 Å². The van der Waals surface area contributed by atoms with Crippen molar-refractivity contribution in [2.24, 2.45) is 28.3 Å². The number of carboxylic acids is 1. The normalized spacial score (nSPS) is 19.7. The van der Waals surface area contributed by atoms with E-state index in [0.717, 1.165) is 24.2 Å². The fourth-order valence-electron chi connectivity index (χ4n) is 4.35. The van der Waals surface area contributed by atoms with Gasteiger partial charge in [0, 0.05) is 30.9 Å². The summed E-state index contributed by atoms with van der Waals surface area (Å²) in [6, 6.07) is 13.8. The van der Waals surface area contributed by atoms with E-state index in [-0.39, 0.29) is 12.4 Å². The quantitative estimate of drug-likeness (QED) is 0.375. The number of nitrogens with zero attached hydrogens (tertiary/aromatic N) is 2. The van der Waals surface area contributed by atoms with Crippen LogP contribution in [-0.2, 0) is 17.8 Å². The number of hydrogen-bond donors (Lipinski definition) is 4. The first kappa shape index (κ1) is 24.3. The second kappa shape index (κ2) is 11.0. The Hall–Kier alpha value is -3.39. The number of rotatable bonds is 7. The molecule has 0 aliphatic carbocycles. The summed E-state index contributed by atoms with van der Waals surface area (Å²) < 4.78 is 0. The summed E-state index contributed by atoms with van der Waals surface area (Å²) in [6.07, 6.45) is 1.43. The number of carbonyl (C=O) groups excluding carboxylic acids is 1. The maximum Gasteiger partial charge on any atom is 0.320 e. The Kier molecular flexibility index (Phi) is 8.06. The van der Waals surface area contributed by atoms with Crippen molar-refractivity contribution in [3.63, 3.8) is 0 Å². The van der Waals surface area contributed by atoms with Crippen molar-refractivity contribution in [3.8, 4) is 0 Å². The van der Waals surface area contributed by atoms with Crippen LogP contribution in [0, 0.1) is 11.8 Å². The van der Waals surface area contributed by atoms with E-state index in [0.29, 0.717) is 23.9 Å². The predicted molar refractivity (Wildman–Crippen MR) is 130 cm³/mol. The number of nitrogens with two attached hydrogens (primary N) is 2. The van der Waals surface area contributed by atoms with Gasteiger partial charge in [0.25, 0.3) is 5.91 Å². The van der Waals surface area contributed by atoms with Gasteiger partial charge in [-0.15, -0.1) is 0 Å². The molecule has 1 aliphatic heterocycles. The number of anilines is 1. The Morgan fingerprint density at radius 1 is 1.12 bits per heavy atom. The third-order valence-electron chi connectivity index (χ3n) is 5.86. The summed E-state index contributed by atoms with van der Waals surface area (Å²) in [5.74, 6) is -0.201. The molecule has 2 aromatic rings. The zero-order chi connectivity index (χ0) is 24.0. The summed E-state index contributed by atoms with van der Waals surface area (Å²) in [7, 11) is 0. The third-order valence-corrected chi connectivity index (χ3v) is 5.86. The van der Waals surface area contributed by atoms with Crippen LogP contribution in [0.25, 0.3) is 0 Å². The number of aliphatic imine (C=N–C) groups is 1. The molecule has 0 aromatic heterocycles. The number of benzene rings is 2. The van der Waals surface area contributed by atoms with Gasteiger partial charge in [-0.2, -0.15) is 4.99 Å². The zero-order valence-corrected chi connectivity index (χ0v) is 19.2. The molecule has 1 aliphatic rings. The highest BCUT2D eigenvalue weighted by Crippen LogP contribution is 2.28. The van der Waals surface area contributed by atoms with Crippen LogP contribution >= 0.6 is 0 Å². The molecule has 0 bridgehead atoms. The van der Waals surface area contributed by atoms with Crippen molar-refractivity contribution >= 4 is 23.5 Å². The van der Waals surface area contributed by atoms with E-state index in [1.165, 1.54) is 12.1 Å². The molecule has 0 radical (unpaired) electrons. The van der Waals surface area contributed by atoms with Crippen LogP contribution in [0.5, 0.6) is 0 Å². The average molecular weight is 452 g/mol. The highest BCUT2D eigenvalue weighted by atomic mass is 16.4. The van der Waals surface area contributed by atoms with Crippen LogP contribution in [-0.4, -0.2) is 42.1 Å². The van der Waals surface area contributed by atoms with E-state index in [2.05, 4.69) is 41.2 Å². The van der Waals surface area contributed by atoms with Crippen LogP contribution < -0.4 is 21.7 Å². The molecule has 3 atom stereocenters. The second-order valence-electron chi connectivity index (χ2n) is 8.98. The minimum Gasteiger partial charge on any atom is -0.480 e. The molecule has 176 valence electrons. The van der Waals surface area contributed by atoms with Gasteiger partial charge < -0.3 is 26.8 Å². The van der Waals surface area contributed by atoms with Gasteiger partial charge in [-0.3, -0.25) is 9.59 Å².